The number of nitrogens with two attached hydrogens (primary N) is 1. The Morgan fingerprint density at radius 3 is 2.88 bits per heavy atom. The molecule has 0 radical (unpaired) electrons. The van der Waals surface area contributed by atoms with Crippen LogP contribution in [-0.2, 0) is 4.79 Å². The van der Waals surface area contributed by atoms with E-state index >= 15 is 0 Å². The Bertz CT molecular complexity index is 313. The Kier molecular flexibility index (Phi) is 3.87. The summed E-state index contributed by atoms with van der Waals surface area (Å²) in [5.41, 5.74) is 5.67. The molecule has 1 saturated carbocycles. The van der Waals surface area contributed by atoms with Crippen molar-refractivity contribution in [1.82, 2.24) is 5.32 Å². The molecule has 2 aliphatic rings. The summed E-state index contributed by atoms with van der Waals surface area (Å²) in [6.45, 7) is 2.19. The predicted molar refractivity (Wildman–Crippen MR) is 69.5 cm³/mol. The summed E-state index contributed by atoms with van der Waals surface area (Å²) in [5.74, 6) is 0.648. The van der Waals surface area contributed by atoms with Gasteiger partial charge in [-0.15, -0.1) is 0 Å². The van der Waals surface area contributed by atoms with Gasteiger partial charge in [-0.05, 0) is 38.0 Å². The third-order valence-electron chi connectivity index (χ3n) is 4.09. The van der Waals surface area contributed by atoms with Crippen LogP contribution < -0.4 is 11.1 Å². The van der Waals surface area contributed by atoms with E-state index in [4.69, 9.17) is 5.73 Å². The second-order valence-corrected chi connectivity index (χ2v) is 5.81. The Labute approximate surface area is 104 Å². The minimum Gasteiger partial charge on any atom is -0.351 e. The lowest BCUT2D eigenvalue weighted by atomic mass is 9.76. The number of hydrogen-bond donors (Lipinski definition) is 2. The molecule has 1 fully saturated rings. The number of carbonyl (C=O) groups excluding carboxylic acids is 1. The van der Waals surface area contributed by atoms with E-state index in [1.165, 1.54) is 6.42 Å². The molecular formula is C14H24N2O. The van der Waals surface area contributed by atoms with Gasteiger partial charge in [-0.2, -0.15) is 0 Å². The van der Waals surface area contributed by atoms with E-state index in [2.05, 4.69) is 24.4 Å². The number of nitrogens with one attached hydrogen (secondary N) is 1. The predicted octanol–water partition coefficient (Wildman–Crippen LogP) is 2.12. The van der Waals surface area contributed by atoms with Crippen molar-refractivity contribution in [2.24, 2.45) is 11.7 Å². The first-order valence-corrected chi connectivity index (χ1v) is 6.85. The summed E-state index contributed by atoms with van der Waals surface area (Å²) in [6, 6.07) is 0.296. The number of hydrogen-bond acceptors (Lipinski definition) is 2. The van der Waals surface area contributed by atoms with Gasteiger partial charge in [0, 0.05) is 6.04 Å². The van der Waals surface area contributed by atoms with E-state index in [1.807, 2.05) is 0 Å². The van der Waals surface area contributed by atoms with E-state index in [0.717, 1.165) is 38.5 Å². The second-order valence-electron chi connectivity index (χ2n) is 5.81. The van der Waals surface area contributed by atoms with E-state index in [0.29, 0.717) is 12.0 Å². The smallest absolute Gasteiger partial charge is 0.240 e. The molecule has 0 aromatic carbocycles. The Morgan fingerprint density at radius 1 is 1.41 bits per heavy atom. The highest BCUT2D eigenvalue weighted by Gasteiger charge is 2.38. The van der Waals surface area contributed by atoms with Crippen LogP contribution in [0.5, 0.6) is 0 Å². The highest BCUT2D eigenvalue weighted by Crippen LogP contribution is 2.30. The van der Waals surface area contributed by atoms with Gasteiger partial charge in [0.2, 0.25) is 5.91 Å². The van der Waals surface area contributed by atoms with Crippen molar-refractivity contribution in [2.45, 2.75) is 63.5 Å². The monoisotopic (exact) mass is 236 g/mol. The molecule has 0 saturated heterocycles. The maximum Gasteiger partial charge on any atom is 0.240 e. The average molecular weight is 236 g/mol. The van der Waals surface area contributed by atoms with Gasteiger partial charge < -0.3 is 11.1 Å². The van der Waals surface area contributed by atoms with Gasteiger partial charge in [0.25, 0.3) is 0 Å². The van der Waals surface area contributed by atoms with Crippen LogP contribution in [0.3, 0.4) is 0 Å². The molecule has 3 N–H and O–H groups in total. The van der Waals surface area contributed by atoms with Gasteiger partial charge in [-0.3, -0.25) is 4.79 Å². The largest absolute Gasteiger partial charge is 0.351 e. The summed E-state index contributed by atoms with van der Waals surface area (Å²) < 4.78 is 0. The van der Waals surface area contributed by atoms with Crippen LogP contribution in [0, 0.1) is 5.92 Å². The van der Waals surface area contributed by atoms with Crippen molar-refractivity contribution in [3.63, 3.8) is 0 Å². The molecule has 96 valence electrons. The zero-order chi connectivity index (χ0) is 12.3. The third-order valence-corrected chi connectivity index (χ3v) is 4.09. The van der Waals surface area contributed by atoms with Gasteiger partial charge in [-0.25, -0.2) is 0 Å². The number of allylic oxidation sites excluding steroid dienone is 1. The molecule has 3 nitrogen and oxygen atoms in total. The maximum absolute atomic E-state index is 12.3. The van der Waals surface area contributed by atoms with Crippen molar-refractivity contribution >= 4 is 5.91 Å². The fraction of sp³-hybridized carbons (Fsp3) is 0.786. The zero-order valence-corrected chi connectivity index (χ0v) is 10.7. The summed E-state index contributed by atoms with van der Waals surface area (Å²) in [4.78, 5) is 12.3. The third kappa shape index (κ3) is 3.09. The lowest BCUT2D eigenvalue weighted by Crippen LogP contribution is -2.58. The van der Waals surface area contributed by atoms with Crippen molar-refractivity contribution in [1.29, 1.82) is 0 Å². The second kappa shape index (κ2) is 5.21. The molecule has 0 aromatic heterocycles. The van der Waals surface area contributed by atoms with Gasteiger partial charge >= 0.3 is 0 Å². The minimum absolute atomic E-state index is 0.0735. The molecule has 3 atom stereocenters. The topological polar surface area (TPSA) is 55.1 Å². The normalized spacial score (nSPS) is 37.8. The molecule has 3 heteroatoms. The first-order valence-electron chi connectivity index (χ1n) is 6.85. The molecule has 0 bridgehead atoms. The highest BCUT2D eigenvalue weighted by atomic mass is 16.2. The lowest BCUT2D eigenvalue weighted by molar-refractivity contribution is -0.128. The molecule has 0 aromatic rings. The van der Waals surface area contributed by atoms with Crippen LogP contribution in [0.4, 0.5) is 0 Å². The molecule has 0 heterocycles. The summed E-state index contributed by atoms with van der Waals surface area (Å²) >= 11 is 0. The van der Waals surface area contributed by atoms with Crippen LogP contribution in [0.25, 0.3) is 0 Å². The minimum atomic E-state index is -0.612. The van der Waals surface area contributed by atoms with Crippen molar-refractivity contribution in [3.8, 4) is 0 Å². The van der Waals surface area contributed by atoms with Crippen LogP contribution in [0.1, 0.15) is 51.9 Å². The molecule has 17 heavy (non-hydrogen) atoms. The van der Waals surface area contributed by atoms with E-state index in [9.17, 15) is 4.79 Å². The fourth-order valence-corrected chi connectivity index (χ4v) is 3.05. The summed E-state index contributed by atoms with van der Waals surface area (Å²) in [5, 5.41) is 3.13. The number of rotatable bonds is 2. The van der Waals surface area contributed by atoms with E-state index in [-0.39, 0.29) is 5.91 Å². The van der Waals surface area contributed by atoms with Gasteiger partial charge in [-0.1, -0.05) is 31.9 Å². The molecule has 2 aliphatic carbocycles. The summed E-state index contributed by atoms with van der Waals surface area (Å²) in [6.07, 6.45) is 11.4. The van der Waals surface area contributed by atoms with Crippen LogP contribution >= 0.6 is 0 Å². The Morgan fingerprint density at radius 2 is 2.24 bits per heavy atom. The Hall–Kier alpha value is -0.830. The van der Waals surface area contributed by atoms with Crippen molar-refractivity contribution in [3.05, 3.63) is 12.2 Å². The number of amides is 1. The molecule has 0 spiro atoms. The van der Waals surface area contributed by atoms with Crippen molar-refractivity contribution < 1.29 is 4.79 Å². The van der Waals surface area contributed by atoms with E-state index in [1.54, 1.807) is 0 Å². The molecule has 0 aliphatic heterocycles. The molecule has 1 amide bonds. The SMILES string of the molecule is CC1CCCC(N)(C(=O)NC2CC=CCC2)C1. The first kappa shape index (κ1) is 12.6. The molecule has 3 unspecified atom stereocenters. The quantitative estimate of drug-likeness (QED) is 0.722. The standard InChI is InChI=1S/C14H24N2O/c1-11-6-5-9-14(15,10-11)13(17)16-12-7-3-2-4-8-12/h2-3,11-12H,4-10,15H2,1H3,(H,16,17). The first-order chi connectivity index (χ1) is 8.10. The fourth-order valence-electron chi connectivity index (χ4n) is 3.05. The van der Waals surface area contributed by atoms with Crippen molar-refractivity contribution in [2.75, 3.05) is 0 Å². The van der Waals surface area contributed by atoms with Gasteiger partial charge in [0.15, 0.2) is 0 Å². The maximum atomic E-state index is 12.3. The van der Waals surface area contributed by atoms with Crippen LogP contribution in [0.15, 0.2) is 12.2 Å². The number of carbonyl (C=O) groups is 1. The van der Waals surface area contributed by atoms with E-state index < -0.39 is 5.54 Å². The van der Waals surface area contributed by atoms with Crippen LogP contribution in [0.2, 0.25) is 0 Å². The lowest BCUT2D eigenvalue weighted by Gasteiger charge is -2.36. The molecular weight excluding hydrogens is 212 g/mol. The molecule has 2 rings (SSSR count). The summed E-state index contributed by atoms with van der Waals surface area (Å²) in [7, 11) is 0. The van der Waals surface area contributed by atoms with Gasteiger partial charge in [0.1, 0.15) is 0 Å². The highest BCUT2D eigenvalue weighted by molar-refractivity contribution is 5.86. The van der Waals surface area contributed by atoms with Gasteiger partial charge in [0.05, 0.1) is 5.54 Å². The zero-order valence-electron chi connectivity index (χ0n) is 10.7. The van der Waals surface area contributed by atoms with Crippen LogP contribution in [-0.4, -0.2) is 17.5 Å². The Balaban J connectivity index is 1.91. The average Bonchev–Trinajstić information content (AvgIpc) is 2.30.